The van der Waals surface area contributed by atoms with E-state index < -0.39 is 0 Å². The SMILES string of the molecule is Cc1nn(C)c(C(=O)Nc2sc3c(c2C#N)CC[C@@H](C)C3)c1Br. The fourth-order valence-electron chi connectivity index (χ4n) is 3.00. The third kappa shape index (κ3) is 2.81. The first-order chi connectivity index (χ1) is 10.9. The summed E-state index contributed by atoms with van der Waals surface area (Å²) in [4.78, 5) is 13.8. The first-order valence-electron chi connectivity index (χ1n) is 7.47. The highest BCUT2D eigenvalue weighted by atomic mass is 79.9. The fourth-order valence-corrected chi connectivity index (χ4v) is 4.87. The molecule has 0 aliphatic heterocycles. The van der Waals surface area contributed by atoms with E-state index in [-0.39, 0.29) is 5.91 Å². The minimum absolute atomic E-state index is 0.247. The lowest BCUT2D eigenvalue weighted by Crippen LogP contribution is -2.16. The van der Waals surface area contributed by atoms with Crippen molar-refractivity contribution in [2.24, 2.45) is 13.0 Å². The zero-order valence-corrected chi connectivity index (χ0v) is 15.6. The maximum atomic E-state index is 12.6. The van der Waals surface area contributed by atoms with Crippen molar-refractivity contribution in [2.75, 3.05) is 5.32 Å². The summed E-state index contributed by atoms with van der Waals surface area (Å²) < 4.78 is 2.24. The van der Waals surface area contributed by atoms with Crippen LogP contribution in [0.4, 0.5) is 5.00 Å². The minimum atomic E-state index is -0.247. The van der Waals surface area contributed by atoms with Crippen LogP contribution in [-0.2, 0) is 19.9 Å². The van der Waals surface area contributed by atoms with Gasteiger partial charge in [-0.1, -0.05) is 6.92 Å². The van der Waals surface area contributed by atoms with E-state index in [2.05, 4.69) is 39.3 Å². The number of aryl methyl sites for hydroxylation is 2. The van der Waals surface area contributed by atoms with E-state index in [1.165, 1.54) is 16.2 Å². The number of amides is 1. The largest absolute Gasteiger partial charge is 0.311 e. The summed E-state index contributed by atoms with van der Waals surface area (Å²) in [6.45, 7) is 4.06. The molecule has 5 nitrogen and oxygen atoms in total. The van der Waals surface area contributed by atoms with E-state index in [0.29, 0.717) is 26.6 Å². The smallest absolute Gasteiger partial charge is 0.275 e. The summed E-state index contributed by atoms with van der Waals surface area (Å²) >= 11 is 4.94. The lowest BCUT2D eigenvalue weighted by atomic mass is 9.89. The molecule has 1 N–H and O–H groups in total. The van der Waals surface area contributed by atoms with Crippen LogP contribution < -0.4 is 5.32 Å². The van der Waals surface area contributed by atoms with Gasteiger partial charge in [-0.15, -0.1) is 11.3 Å². The van der Waals surface area contributed by atoms with Crippen molar-refractivity contribution < 1.29 is 4.79 Å². The van der Waals surface area contributed by atoms with Gasteiger partial charge >= 0.3 is 0 Å². The van der Waals surface area contributed by atoms with Gasteiger partial charge in [0, 0.05) is 11.9 Å². The zero-order valence-electron chi connectivity index (χ0n) is 13.2. The Hall–Kier alpha value is -1.65. The molecule has 2 aromatic rings. The third-order valence-electron chi connectivity index (χ3n) is 4.21. The molecule has 0 saturated carbocycles. The Morgan fingerprint density at radius 2 is 2.30 bits per heavy atom. The van der Waals surface area contributed by atoms with Crippen LogP contribution in [-0.4, -0.2) is 15.7 Å². The lowest BCUT2D eigenvalue weighted by Gasteiger charge is -2.17. The van der Waals surface area contributed by atoms with Crippen molar-refractivity contribution in [1.82, 2.24) is 9.78 Å². The van der Waals surface area contributed by atoms with Crippen molar-refractivity contribution in [3.05, 3.63) is 31.9 Å². The Morgan fingerprint density at radius 1 is 1.57 bits per heavy atom. The van der Waals surface area contributed by atoms with Crippen molar-refractivity contribution in [1.29, 1.82) is 5.26 Å². The van der Waals surface area contributed by atoms with Crippen LogP contribution in [0, 0.1) is 24.2 Å². The van der Waals surface area contributed by atoms with Crippen molar-refractivity contribution in [2.45, 2.75) is 33.1 Å². The molecule has 1 aliphatic carbocycles. The van der Waals surface area contributed by atoms with E-state index in [1.807, 2.05) is 6.92 Å². The predicted octanol–water partition coefficient (Wildman–Crippen LogP) is 3.80. The van der Waals surface area contributed by atoms with Crippen LogP contribution in [0.2, 0.25) is 0 Å². The highest BCUT2D eigenvalue weighted by Gasteiger charge is 2.26. The second kappa shape index (κ2) is 6.10. The van der Waals surface area contributed by atoms with Gasteiger partial charge in [-0.2, -0.15) is 10.4 Å². The van der Waals surface area contributed by atoms with E-state index in [0.717, 1.165) is 30.5 Å². The maximum absolute atomic E-state index is 12.6. The Bertz CT molecular complexity index is 830. The highest BCUT2D eigenvalue weighted by Crippen LogP contribution is 2.39. The number of rotatable bonds is 2. The maximum Gasteiger partial charge on any atom is 0.275 e. The van der Waals surface area contributed by atoms with Gasteiger partial charge in [0.25, 0.3) is 5.91 Å². The molecule has 2 heterocycles. The van der Waals surface area contributed by atoms with Crippen molar-refractivity contribution >= 4 is 38.2 Å². The van der Waals surface area contributed by atoms with E-state index in [1.54, 1.807) is 11.7 Å². The molecule has 0 aromatic carbocycles. The molecule has 7 heteroatoms. The summed E-state index contributed by atoms with van der Waals surface area (Å²) in [5.74, 6) is 0.383. The zero-order chi connectivity index (χ0) is 16.7. The van der Waals surface area contributed by atoms with Crippen LogP contribution in [0.5, 0.6) is 0 Å². The predicted molar refractivity (Wildman–Crippen MR) is 93.8 cm³/mol. The first kappa shape index (κ1) is 16.2. The Balaban J connectivity index is 1.94. The number of hydrogen-bond acceptors (Lipinski definition) is 4. The van der Waals surface area contributed by atoms with Crippen molar-refractivity contribution in [3.63, 3.8) is 0 Å². The number of carbonyl (C=O) groups is 1. The van der Waals surface area contributed by atoms with Crippen LogP contribution in [0.25, 0.3) is 0 Å². The van der Waals surface area contributed by atoms with Gasteiger partial charge in [0.05, 0.1) is 15.7 Å². The number of thiophene rings is 1. The number of nitrogens with zero attached hydrogens (tertiary/aromatic N) is 3. The molecule has 0 bridgehead atoms. The minimum Gasteiger partial charge on any atom is -0.311 e. The topological polar surface area (TPSA) is 70.7 Å². The van der Waals surface area contributed by atoms with E-state index >= 15 is 0 Å². The second-order valence-corrected chi connectivity index (χ2v) is 7.89. The number of nitriles is 1. The molecule has 0 spiro atoms. The quantitative estimate of drug-likeness (QED) is 0.844. The number of carbonyl (C=O) groups excluding carboxylic acids is 1. The van der Waals surface area contributed by atoms with Gasteiger partial charge in [0.2, 0.25) is 0 Å². The van der Waals surface area contributed by atoms with Gasteiger partial charge in [-0.3, -0.25) is 9.48 Å². The first-order valence-corrected chi connectivity index (χ1v) is 9.08. The average molecular weight is 393 g/mol. The molecule has 1 atom stereocenters. The van der Waals surface area contributed by atoms with Gasteiger partial charge in [-0.25, -0.2) is 0 Å². The molecule has 2 aromatic heterocycles. The van der Waals surface area contributed by atoms with Crippen LogP contribution >= 0.6 is 27.3 Å². The molecule has 3 rings (SSSR count). The molecule has 120 valence electrons. The number of fused-ring (bicyclic) bond motifs is 1. The van der Waals surface area contributed by atoms with Crippen LogP contribution in [0.15, 0.2) is 4.47 Å². The number of aromatic nitrogens is 2. The fraction of sp³-hybridized carbons (Fsp3) is 0.438. The molecule has 0 unspecified atom stereocenters. The molecule has 1 aliphatic rings. The third-order valence-corrected chi connectivity index (χ3v) is 6.33. The standard InChI is InChI=1S/C16H17BrN4OS/c1-8-4-5-10-11(7-18)16(23-12(10)6-8)19-15(22)14-13(17)9(2)20-21(14)3/h8H,4-6H2,1-3H3,(H,19,22)/t8-/m1/s1. The molecule has 0 fully saturated rings. The monoisotopic (exact) mass is 392 g/mol. The second-order valence-electron chi connectivity index (χ2n) is 5.99. The highest BCUT2D eigenvalue weighted by molar-refractivity contribution is 9.10. The summed E-state index contributed by atoms with van der Waals surface area (Å²) in [5, 5.41) is 17.3. The van der Waals surface area contributed by atoms with Crippen LogP contribution in [0.3, 0.4) is 0 Å². The molecule has 23 heavy (non-hydrogen) atoms. The number of nitrogens with one attached hydrogen (secondary N) is 1. The van der Waals surface area contributed by atoms with Gasteiger partial charge in [0.1, 0.15) is 16.8 Å². The summed E-state index contributed by atoms with van der Waals surface area (Å²) in [7, 11) is 1.74. The number of halogens is 1. The summed E-state index contributed by atoms with van der Waals surface area (Å²) in [6.07, 6.45) is 3.00. The molecule has 0 saturated heterocycles. The Morgan fingerprint density at radius 3 is 2.91 bits per heavy atom. The van der Waals surface area contributed by atoms with Gasteiger partial charge in [0.15, 0.2) is 0 Å². The molecular weight excluding hydrogens is 376 g/mol. The molecule has 1 amide bonds. The van der Waals surface area contributed by atoms with E-state index in [9.17, 15) is 10.1 Å². The Labute approximate surface area is 147 Å². The average Bonchev–Trinajstić information content (AvgIpc) is 2.95. The summed E-state index contributed by atoms with van der Waals surface area (Å²) in [6, 6.07) is 2.27. The number of anilines is 1. The molecule has 0 radical (unpaired) electrons. The van der Waals surface area contributed by atoms with Crippen molar-refractivity contribution in [3.8, 4) is 6.07 Å². The van der Waals surface area contributed by atoms with E-state index in [4.69, 9.17) is 0 Å². The van der Waals surface area contributed by atoms with Gasteiger partial charge in [-0.05, 0) is 53.6 Å². The normalized spacial score (nSPS) is 16.7. The lowest BCUT2D eigenvalue weighted by molar-refractivity contribution is 0.101. The number of hydrogen-bond donors (Lipinski definition) is 1. The summed E-state index contributed by atoms with van der Waals surface area (Å²) in [5.41, 5.74) is 2.97. The Kier molecular flexibility index (Phi) is 4.30. The van der Waals surface area contributed by atoms with Crippen LogP contribution in [0.1, 0.15) is 45.5 Å². The van der Waals surface area contributed by atoms with Gasteiger partial charge < -0.3 is 5.32 Å². The molecular formula is C16H17BrN4OS.